The lowest BCUT2D eigenvalue weighted by molar-refractivity contribution is 0.0960. The number of hydrogen-bond acceptors (Lipinski definition) is 5. The molecule has 0 aliphatic carbocycles. The van der Waals surface area contributed by atoms with Crippen molar-refractivity contribution in [1.82, 2.24) is 20.1 Å². The maximum absolute atomic E-state index is 13.5. The molecule has 0 saturated heterocycles. The number of carbonyl (C=O) groups excluding carboxylic acids is 2. The summed E-state index contributed by atoms with van der Waals surface area (Å²) in [7, 11) is 1.58. The van der Waals surface area contributed by atoms with E-state index < -0.39 is 0 Å². The average Bonchev–Trinajstić information content (AvgIpc) is 3.55. The van der Waals surface area contributed by atoms with Gasteiger partial charge >= 0.3 is 0 Å². The van der Waals surface area contributed by atoms with Crippen LogP contribution in [-0.2, 0) is 6.54 Å². The van der Waals surface area contributed by atoms with Crippen LogP contribution in [0.4, 0.5) is 5.69 Å². The lowest BCUT2D eigenvalue weighted by atomic mass is 10.0. The third kappa shape index (κ3) is 4.29. The first-order valence-electron chi connectivity index (χ1n) is 11.1. The lowest BCUT2D eigenvalue weighted by Gasteiger charge is -2.13. The number of pyridine rings is 1. The first kappa shape index (κ1) is 22.1. The summed E-state index contributed by atoms with van der Waals surface area (Å²) in [6, 6.07) is 20.4. The van der Waals surface area contributed by atoms with Crippen molar-refractivity contribution in [2.75, 3.05) is 12.4 Å². The summed E-state index contributed by atoms with van der Waals surface area (Å²) in [4.78, 5) is 30.6. The van der Waals surface area contributed by atoms with Gasteiger partial charge in [-0.2, -0.15) is 5.10 Å². The summed E-state index contributed by atoms with van der Waals surface area (Å²) in [5.41, 5.74) is 4.29. The zero-order valence-electron chi connectivity index (χ0n) is 19.3. The minimum Gasteiger partial charge on any atom is -0.467 e. The molecule has 174 valence electrons. The Labute approximate surface area is 201 Å². The van der Waals surface area contributed by atoms with Crippen LogP contribution in [0.2, 0.25) is 0 Å². The molecular formula is C27H23N5O3. The molecule has 0 bridgehead atoms. The van der Waals surface area contributed by atoms with E-state index in [0.717, 1.165) is 11.3 Å². The van der Waals surface area contributed by atoms with Gasteiger partial charge in [0.1, 0.15) is 12.3 Å². The third-order valence-corrected chi connectivity index (χ3v) is 5.86. The number of benzene rings is 2. The summed E-state index contributed by atoms with van der Waals surface area (Å²) in [6.07, 6.45) is 3.25. The highest BCUT2D eigenvalue weighted by atomic mass is 16.3. The Morgan fingerprint density at radius 3 is 2.54 bits per heavy atom. The molecular weight excluding hydrogens is 442 g/mol. The molecule has 3 aromatic heterocycles. The van der Waals surface area contributed by atoms with Gasteiger partial charge in [-0.3, -0.25) is 9.59 Å². The summed E-state index contributed by atoms with van der Waals surface area (Å²) < 4.78 is 7.20. The van der Waals surface area contributed by atoms with Gasteiger partial charge in [-0.1, -0.05) is 36.4 Å². The smallest absolute Gasteiger partial charge is 0.256 e. The van der Waals surface area contributed by atoms with Crippen molar-refractivity contribution in [2.45, 2.75) is 13.5 Å². The second-order valence-electron chi connectivity index (χ2n) is 8.05. The zero-order valence-corrected chi connectivity index (χ0v) is 19.3. The summed E-state index contributed by atoms with van der Waals surface area (Å²) in [5.74, 6) is 0.203. The molecule has 0 atom stereocenters. The van der Waals surface area contributed by atoms with Crippen molar-refractivity contribution < 1.29 is 14.0 Å². The molecule has 0 spiro atoms. The number of furan rings is 1. The van der Waals surface area contributed by atoms with Gasteiger partial charge in [0.05, 0.1) is 29.1 Å². The Balaban J connectivity index is 1.59. The van der Waals surface area contributed by atoms with E-state index in [-0.39, 0.29) is 11.8 Å². The van der Waals surface area contributed by atoms with Crippen LogP contribution in [0.5, 0.6) is 0 Å². The van der Waals surface area contributed by atoms with E-state index >= 15 is 0 Å². The molecule has 0 unspecified atom stereocenters. The maximum atomic E-state index is 13.5. The quantitative estimate of drug-likeness (QED) is 0.380. The molecule has 35 heavy (non-hydrogen) atoms. The maximum Gasteiger partial charge on any atom is 0.256 e. The molecule has 2 N–H and O–H groups in total. The third-order valence-electron chi connectivity index (χ3n) is 5.86. The van der Waals surface area contributed by atoms with Gasteiger partial charge < -0.3 is 15.1 Å². The minimum absolute atomic E-state index is 0.213. The van der Waals surface area contributed by atoms with E-state index in [9.17, 15) is 9.59 Å². The summed E-state index contributed by atoms with van der Waals surface area (Å²) in [5, 5.41) is 10.7. The molecule has 8 heteroatoms. The van der Waals surface area contributed by atoms with E-state index in [1.54, 1.807) is 55.4 Å². The Morgan fingerprint density at radius 2 is 1.80 bits per heavy atom. The number of fused-ring (bicyclic) bond motifs is 1. The summed E-state index contributed by atoms with van der Waals surface area (Å²) >= 11 is 0. The Kier molecular flexibility index (Phi) is 5.85. The normalized spacial score (nSPS) is 10.9. The van der Waals surface area contributed by atoms with E-state index in [1.165, 1.54) is 0 Å². The molecule has 5 aromatic rings. The zero-order chi connectivity index (χ0) is 24.4. The van der Waals surface area contributed by atoms with Gasteiger partial charge in [0, 0.05) is 23.9 Å². The van der Waals surface area contributed by atoms with E-state index in [2.05, 4.69) is 15.7 Å². The summed E-state index contributed by atoms with van der Waals surface area (Å²) in [6.45, 7) is 2.19. The molecule has 2 amide bonds. The van der Waals surface area contributed by atoms with Crippen molar-refractivity contribution in [3.05, 3.63) is 102 Å². The van der Waals surface area contributed by atoms with Crippen LogP contribution in [0.15, 0.2) is 83.6 Å². The van der Waals surface area contributed by atoms with Crippen LogP contribution >= 0.6 is 0 Å². The van der Waals surface area contributed by atoms with Crippen molar-refractivity contribution in [3.63, 3.8) is 0 Å². The van der Waals surface area contributed by atoms with Crippen LogP contribution in [-0.4, -0.2) is 33.6 Å². The molecule has 5 rings (SSSR count). The van der Waals surface area contributed by atoms with Crippen molar-refractivity contribution in [1.29, 1.82) is 0 Å². The number of aromatic nitrogens is 3. The van der Waals surface area contributed by atoms with Gasteiger partial charge in [-0.15, -0.1) is 0 Å². The number of amides is 2. The molecule has 0 radical (unpaired) electrons. The lowest BCUT2D eigenvalue weighted by Crippen LogP contribution is -2.20. The van der Waals surface area contributed by atoms with Gasteiger partial charge in [0.2, 0.25) is 0 Å². The fourth-order valence-electron chi connectivity index (χ4n) is 4.00. The second-order valence-corrected chi connectivity index (χ2v) is 8.05. The number of nitrogens with one attached hydrogen (secondary N) is 2. The van der Waals surface area contributed by atoms with Gasteiger partial charge in [0.15, 0.2) is 5.65 Å². The van der Waals surface area contributed by atoms with Gasteiger partial charge in [-0.25, -0.2) is 9.67 Å². The fraction of sp³-hybridized carbons (Fsp3) is 0.111. The Hall–Kier alpha value is -4.72. The molecule has 8 nitrogen and oxygen atoms in total. The highest BCUT2D eigenvalue weighted by molar-refractivity contribution is 6.13. The van der Waals surface area contributed by atoms with Crippen molar-refractivity contribution >= 4 is 28.5 Å². The molecule has 0 aliphatic rings. The Morgan fingerprint density at radius 1 is 0.971 bits per heavy atom. The number of carbonyl (C=O) groups is 2. The van der Waals surface area contributed by atoms with Gasteiger partial charge in [-0.05, 0) is 42.8 Å². The van der Waals surface area contributed by atoms with Gasteiger partial charge in [0.25, 0.3) is 11.8 Å². The van der Waals surface area contributed by atoms with Crippen LogP contribution in [0.3, 0.4) is 0 Å². The number of hydrogen-bond donors (Lipinski definition) is 2. The van der Waals surface area contributed by atoms with Crippen LogP contribution in [0.1, 0.15) is 32.0 Å². The molecule has 0 fully saturated rings. The fourth-order valence-corrected chi connectivity index (χ4v) is 4.00. The molecule has 3 heterocycles. The first-order chi connectivity index (χ1) is 17.0. The van der Waals surface area contributed by atoms with E-state index in [4.69, 9.17) is 9.40 Å². The standard InChI is InChI=1S/C27H23N5O3/c1-17-20(26(33)28-2)11-6-12-23(17)31-27(34)21-14-24(18-8-4-3-5-9-18)30-25-22(21)15-29-32(25)16-19-10-7-13-35-19/h3-15H,16H2,1-2H3,(H,28,33)(H,31,34). The van der Waals surface area contributed by atoms with Crippen LogP contribution < -0.4 is 10.6 Å². The van der Waals surface area contributed by atoms with Crippen molar-refractivity contribution in [2.24, 2.45) is 0 Å². The number of anilines is 1. The average molecular weight is 466 g/mol. The number of rotatable bonds is 6. The van der Waals surface area contributed by atoms with E-state index in [0.29, 0.717) is 45.6 Å². The highest BCUT2D eigenvalue weighted by Gasteiger charge is 2.20. The predicted octanol–water partition coefficient (Wildman–Crippen LogP) is 4.66. The molecule has 0 saturated carbocycles. The van der Waals surface area contributed by atoms with Crippen LogP contribution in [0.25, 0.3) is 22.3 Å². The predicted molar refractivity (Wildman–Crippen MR) is 133 cm³/mol. The molecule has 2 aromatic carbocycles. The monoisotopic (exact) mass is 465 g/mol. The molecule has 0 aliphatic heterocycles. The topological polar surface area (TPSA) is 102 Å². The first-order valence-corrected chi connectivity index (χ1v) is 11.1. The highest BCUT2D eigenvalue weighted by Crippen LogP contribution is 2.27. The van der Waals surface area contributed by atoms with Crippen molar-refractivity contribution in [3.8, 4) is 11.3 Å². The SMILES string of the molecule is CNC(=O)c1cccc(NC(=O)c2cc(-c3ccccc3)nc3c2cnn3Cc2ccco2)c1C. The largest absolute Gasteiger partial charge is 0.467 e. The number of nitrogens with zero attached hydrogens (tertiary/aromatic N) is 3. The minimum atomic E-state index is -0.315. The van der Waals surface area contributed by atoms with Crippen LogP contribution in [0, 0.1) is 6.92 Å². The van der Waals surface area contributed by atoms with E-state index in [1.807, 2.05) is 42.5 Å². The second kappa shape index (κ2) is 9.26. The Bertz CT molecular complexity index is 1520.